The Balaban J connectivity index is 2.05. The molecule has 0 N–H and O–H groups in total. The predicted molar refractivity (Wildman–Crippen MR) is 74.5 cm³/mol. The average Bonchev–Trinajstić information content (AvgIpc) is 2.36. The number of hydrogen-bond donors (Lipinski definition) is 0. The van der Waals surface area contributed by atoms with Gasteiger partial charge in [-0.2, -0.15) is 0 Å². The number of carbonyl (C=O) groups is 1. The second kappa shape index (κ2) is 5.76. The molecule has 0 radical (unpaired) electrons. The van der Waals surface area contributed by atoms with Gasteiger partial charge in [-0.05, 0) is 24.5 Å². The van der Waals surface area contributed by atoms with E-state index < -0.39 is 0 Å². The van der Waals surface area contributed by atoms with Gasteiger partial charge in [-0.15, -0.1) is 0 Å². The van der Waals surface area contributed by atoms with E-state index in [0.29, 0.717) is 18.8 Å². The Labute approximate surface area is 108 Å². The smallest absolute Gasteiger partial charge is 0.138 e. The Hall–Kier alpha value is -1.70. The molecule has 0 saturated carbocycles. The van der Waals surface area contributed by atoms with Crippen molar-refractivity contribution in [1.29, 1.82) is 0 Å². The number of ketones is 1. The fraction of sp³-hybridized carbons (Fsp3) is 0.375. The van der Waals surface area contributed by atoms with E-state index in [1.54, 1.807) is 0 Å². The molecular formula is C16H19NO. The lowest BCUT2D eigenvalue weighted by molar-refractivity contribution is -0.118. The molecule has 0 unspecified atom stereocenters. The van der Waals surface area contributed by atoms with Crippen LogP contribution in [0.3, 0.4) is 0 Å². The number of nitrogens with zero attached hydrogens (tertiary/aromatic N) is 1. The zero-order valence-corrected chi connectivity index (χ0v) is 11.0. The molecule has 0 aliphatic rings. The van der Waals surface area contributed by atoms with Crippen molar-refractivity contribution in [1.82, 2.24) is 4.98 Å². The summed E-state index contributed by atoms with van der Waals surface area (Å²) >= 11 is 0. The van der Waals surface area contributed by atoms with Crippen molar-refractivity contribution in [2.24, 2.45) is 5.92 Å². The first kappa shape index (κ1) is 12.7. The van der Waals surface area contributed by atoms with Crippen molar-refractivity contribution >= 4 is 16.7 Å². The van der Waals surface area contributed by atoms with E-state index in [0.717, 1.165) is 23.0 Å². The molecule has 0 bridgehead atoms. The number of para-hydroxylation sites is 1. The topological polar surface area (TPSA) is 30.0 Å². The van der Waals surface area contributed by atoms with Gasteiger partial charge in [0, 0.05) is 23.9 Å². The summed E-state index contributed by atoms with van der Waals surface area (Å²) in [5, 5.41) is 1.12. The number of carbonyl (C=O) groups excluding carboxylic acids is 1. The third-order valence-electron chi connectivity index (χ3n) is 3.03. The minimum atomic E-state index is 0.284. The number of Topliss-reactive ketones (excluding diaryl/α,β-unsaturated/α-hetero) is 1. The van der Waals surface area contributed by atoms with Gasteiger partial charge in [0.05, 0.1) is 5.52 Å². The van der Waals surface area contributed by atoms with Crippen LogP contribution in [0.15, 0.2) is 36.4 Å². The van der Waals surface area contributed by atoms with E-state index in [1.165, 1.54) is 0 Å². The van der Waals surface area contributed by atoms with Crippen molar-refractivity contribution < 1.29 is 4.79 Å². The average molecular weight is 241 g/mol. The van der Waals surface area contributed by atoms with Crippen LogP contribution in [0.5, 0.6) is 0 Å². The molecule has 0 amide bonds. The van der Waals surface area contributed by atoms with Gasteiger partial charge >= 0.3 is 0 Å². The molecule has 0 atom stereocenters. The van der Waals surface area contributed by atoms with E-state index in [9.17, 15) is 4.79 Å². The Kier molecular flexibility index (Phi) is 4.08. The molecule has 0 fully saturated rings. The SMILES string of the molecule is CC(C)CCC(=O)Cc1ccc2ccccc2n1. The zero-order valence-electron chi connectivity index (χ0n) is 11.0. The molecule has 1 aromatic heterocycles. The summed E-state index contributed by atoms with van der Waals surface area (Å²) < 4.78 is 0. The lowest BCUT2D eigenvalue weighted by Crippen LogP contribution is -2.05. The summed E-state index contributed by atoms with van der Waals surface area (Å²) in [6, 6.07) is 12.0. The van der Waals surface area contributed by atoms with Crippen LogP contribution < -0.4 is 0 Å². The van der Waals surface area contributed by atoms with E-state index in [-0.39, 0.29) is 5.78 Å². The van der Waals surface area contributed by atoms with Gasteiger partial charge in [0.25, 0.3) is 0 Å². The van der Waals surface area contributed by atoms with Gasteiger partial charge in [0.1, 0.15) is 5.78 Å². The molecule has 0 spiro atoms. The highest BCUT2D eigenvalue weighted by Crippen LogP contribution is 2.13. The maximum Gasteiger partial charge on any atom is 0.138 e. The summed E-state index contributed by atoms with van der Waals surface area (Å²) in [4.78, 5) is 16.3. The molecule has 0 aliphatic carbocycles. The number of pyridine rings is 1. The van der Waals surface area contributed by atoms with Crippen LogP contribution in [0, 0.1) is 5.92 Å². The molecule has 18 heavy (non-hydrogen) atoms. The Morgan fingerprint density at radius 1 is 1.17 bits per heavy atom. The second-order valence-corrected chi connectivity index (χ2v) is 5.14. The minimum absolute atomic E-state index is 0.284. The monoisotopic (exact) mass is 241 g/mol. The molecule has 2 nitrogen and oxygen atoms in total. The highest BCUT2D eigenvalue weighted by molar-refractivity contribution is 5.82. The standard InChI is InChI=1S/C16H19NO/c1-12(2)7-10-15(18)11-14-9-8-13-5-3-4-6-16(13)17-14/h3-6,8-9,12H,7,10-11H2,1-2H3. The quantitative estimate of drug-likeness (QED) is 0.797. The van der Waals surface area contributed by atoms with Gasteiger partial charge in [-0.1, -0.05) is 38.1 Å². The molecule has 2 rings (SSSR count). The molecule has 1 heterocycles. The Morgan fingerprint density at radius 2 is 1.94 bits per heavy atom. The zero-order chi connectivity index (χ0) is 13.0. The van der Waals surface area contributed by atoms with Gasteiger partial charge in [0.15, 0.2) is 0 Å². The second-order valence-electron chi connectivity index (χ2n) is 5.14. The summed E-state index contributed by atoms with van der Waals surface area (Å²) in [6.07, 6.45) is 2.08. The van der Waals surface area contributed by atoms with Crippen molar-refractivity contribution in [2.45, 2.75) is 33.1 Å². The molecule has 94 valence electrons. The molecular weight excluding hydrogens is 222 g/mol. The first-order valence-electron chi connectivity index (χ1n) is 6.51. The van der Waals surface area contributed by atoms with Gasteiger partial charge < -0.3 is 0 Å². The van der Waals surface area contributed by atoms with Gasteiger partial charge in [-0.3, -0.25) is 9.78 Å². The first-order valence-corrected chi connectivity index (χ1v) is 6.51. The number of fused-ring (bicyclic) bond motifs is 1. The van der Waals surface area contributed by atoms with Crippen LogP contribution in [0.25, 0.3) is 10.9 Å². The van der Waals surface area contributed by atoms with Crippen LogP contribution in [-0.2, 0) is 11.2 Å². The number of hydrogen-bond acceptors (Lipinski definition) is 2. The van der Waals surface area contributed by atoms with Crippen LogP contribution in [0.1, 0.15) is 32.4 Å². The summed E-state index contributed by atoms with van der Waals surface area (Å²) in [6.45, 7) is 4.28. The first-order chi connectivity index (χ1) is 8.65. The van der Waals surface area contributed by atoms with Crippen LogP contribution in [-0.4, -0.2) is 10.8 Å². The molecule has 0 aliphatic heterocycles. The lowest BCUT2D eigenvalue weighted by atomic mass is 10.0. The van der Waals surface area contributed by atoms with E-state index in [4.69, 9.17) is 0 Å². The molecule has 2 heteroatoms. The van der Waals surface area contributed by atoms with Crippen molar-refractivity contribution in [3.05, 3.63) is 42.1 Å². The largest absolute Gasteiger partial charge is 0.299 e. The number of benzene rings is 1. The van der Waals surface area contributed by atoms with Crippen LogP contribution in [0.2, 0.25) is 0 Å². The van der Waals surface area contributed by atoms with Crippen molar-refractivity contribution in [3.63, 3.8) is 0 Å². The van der Waals surface area contributed by atoms with Gasteiger partial charge in [-0.25, -0.2) is 0 Å². The van der Waals surface area contributed by atoms with Gasteiger partial charge in [0.2, 0.25) is 0 Å². The maximum atomic E-state index is 11.8. The van der Waals surface area contributed by atoms with Crippen molar-refractivity contribution in [3.8, 4) is 0 Å². The minimum Gasteiger partial charge on any atom is -0.299 e. The molecule has 1 aromatic carbocycles. The highest BCUT2D eigenvalue weighted by atomic mass is 16.1. The Morgan fingerprint density at radius 3 is 2.72 bits per heavy atom. The summed E-state index contributed by atoms with van der Waals surface area (Å²) in [5.74, 6) is 0.866. The van der Waals surface area contributed by atoms with Crippen LogP contribution in [0.4, 0.5) is 0 Å². The number of rotatable bonds is 5. The predicted octanol–water partition coefficient (Wildman–Crippen LogP) is 3.78. The van der Waals surface area contributed by atoms with Crippen molar-refractivity contribution in [2.75, 3.05) is 0 Å². The Bertz CT molecular complexity index is 546. The van der Waals surface area contributed by atoms with Crippen LogP contribution >= 0.6 is 0 Å². The lowest BCUT2D eigenvalue weighted by Gasteiger charge is -2.04. The van der Waals surface area contributed by atoms with E-state index >= 15 is 0 Å². The third kappa shape index (κ3) is 3.39. The fourth-order valence-electron chi connectivity index (χ4n) is 1.95. The van der Waals surface area contributed by atoms with E-state index in [2.05, 4.69) is 18.8 Å². The third-order valence-corrected chi connectivity index (χ3v) is 3.03. The fourth-order valence-corrected chi connectivity index (χ4v) is 1.95. The number of aromatic nitrogens is 1. The summed E-state index contributed by atoms with van der Waals surface area (Å²) in [7, 11) is 0. The summed E-state index contributed by atoms with van der Waals surface area (Å²) in [5.41, 5.74) is 1.84. The maximum absolute atomic E-state index is 11.8. The van der Waals surface area contributed by atoms with E-state index in [1.807, 2.05) is 36.4 Å². The normalized spacial score (nSPS) is 11.1. The molecule has 0 saturated heterocycles. The molecule has 2 aromatic rings. The highest BCUT2D eigenvalue weighted by Gasteiger charge is 2.06.